The van der Waals surface area contributed by atoms with Gasteiger partial charge in [0.25, 0.3) is 0 Å². The second-order valence-corrected chi connectivity index (χ2v) is 11.6. The molecule has 0 rings (SSSR count). The monoisotopic (exact) mass is 437 g/mol. The Labute approximate surface area is 200 Å². The Balaban J connectivity index is 3.26. The Bertz CT molecular complexity index is 318. The van der Waals surface area contributed by atoms with E-state index in [1.165, 1.54) is 148 Å². The number of hydrogen-bond acceptors (Lipinski definition) is 0. The van der Waals surface area contributed by atoms with Crippen molar-refractivity contribution in [3.8, 4) is 0 Å². The lowest BCUT2D eigenvalue weighted by Gasteiger charge is -2.12. The van der Waals surface area contributed by atoms with Crippen LogP contribution in [0, 0.1) is 17.8 Å². The minimum Gasteiger partial charge on any atom is -0.0654 e. The zero-order chi connectivity index (χ0) is 23.0. The van der Waals surface area contributed by atoms with Crippen LogP contribution in [0.2, 0.25) is 0 Å². The fourth-order valence-electron chi connectivity index (χ4n) is 5.01. The standard InChI is InChI=1S/C31H64/c1-6-7-8-9-10-11-15-20-25-30(4)27-22-17-13-18-23-28-31(5)26-21-16-12-14-19-24-29(2)3/h29-31H,6-28H2,1-5H3. The van der Waals surface area contributed by atoms with Crippen molar-refractivity contribution in [3.05, 3.63) is 0 Å². The van der Waals surface area contributed by atoms with Crippen LogP contribution in [0.3, 0.4) is 0 Å². The van der Waals surface area contributed by atoms with E-state index in [-0.39, 0.29) is 0 Å². The van der Waals surface area contributed by atoms with Gasteiger partial charge in [0, 0.05) is 0 Å². The maximum atomic E-state index is 2.49. The smallest absolute Gasteiger partial charge is 0.0443 e. The average Bonchev–Trinajstić information content (AvgIpc) is 2.74. The molecule has 0 aromatic carbocycles. The van der Waals surface area contributed by atoms with Crippen molar-refractivity contribution in [3.63, 3.8) is 0 Å². The number of hydrogen-bond donors (Lipinski definition) is 0. The first-order valence-corrected chi connectivity index (χ1v) is 15.1. The van der Waals surface area contributed by atoms with Gasteiger partial charge in [-0.15, -0.1) is 0 Å². The molecule has 2 atom stereocenters. The molecule has 0 spiro atoms. The quantitative estimate of drug-likeness (QED) is 0.125. The van der Waals surface area contributed by atoms with Crippen LogP contribution in [0.1, 0.15) is 182 Å². The van der Waals surface area contributed by atoms with Gasteiger partial charge in [0.05, 0.1) is 0 Å². The molecule has 0 saturated heterocycles. The third kappa shape index (κ3) is 26.1. The highest BCUT2D eigenvalue weighted by Crippen LogP contribution is 2.21. The second kappa shape index (κ2) is 24.6. The first kappa shape index (κ1) is 31.0. The third-order valence-corrected chi connectivity index (χ3v) is 7.42. The fraction of sp³-hybridized carbons (Fsp3) is 1.00. The molecule has 0 heterocycles. The van der Waals surface area contributed by atoms with Crippen LogP contribution in [0.25, 0.3) is 0 Å². The van der Waals surface area contributed by atoms with Crippen LogP contribution in [0.4, 0.5) is 0 Å². The molecule has 0 fully saturated rings. The Hall–Kier alpha value is 0. The van der Waals surface area contributed by atoms with Crippen molar-refractivity contribution >= 4 is 0 Å². The molecule has 0 aliphatic rings. The summed E-state index contributed by atoms with van der Waals surface area (Å²) in [5.74, 6) is 2.82. The molecule has 2 unspecified atom stereocenters. The summed E-state index contributed by atoms with van der Waals surface area (Å²) in [5, 5.41) is 0. The van der Waals surface area contributed by atoms with Crippen molar-refractivity contribution < 1.29 is 0 Å². The summed E-state index contributed by atoms with van der Waals surface area (Å²) in [6.07, 6.45) is 33.7. The van der Waals surface area contributed by atoms with Gasteiger partial charge in [-0.1, -0.05) is 182 Å². The van der Waals surface area contributed by atoms with Crippen LogP contribution in [-0.2, 0) is 0 Å². The Morgan fingerprint density at radius 2 is 0.581 bits per heavy atom. The summed E-state index contributed by atoms with van der Waals surface area (Å²) in [6.45, 7) is 12.0. The van der Waals surface area contributed by atoms with Crippen LogP contribution in [0.15, 0.2) is 0 Å². The molecule has 0 amide bonds. The SMILES string of the molecule is CCCCCCCCCCC(C)CCCCCCCC(C)CCCCCCCC(C)C. The van der Waals surface area contributed by atoms with Gasteiger partial charge >= 0.3 is 0 Å². The molecule has 0 aliphatic heterocycles. The Kier molecular flexibility index (Phi) is 24.6. The summed E-state index contributed by atoms with van der Waals surface area (Å²) in [7, 11) is 0. The Morgan fingerprint density at radius 3 is 0.871 bits per heavy atom. The molecule has 0 aromatic rings. The van der Waals surface area contributed by atoms with Gasteiger partial charge in [-0.25, -0.2) is 0 Å². The van der Waals surface area contributed by atoms with Crippen LogP contribution < -0.4 is 0 Å². The molecule has 0 heteroatoms. The minimum atomic E-state index is 0.892. The fourth-order valence-corrected chi connectivity index (χ4v) is 5.01. The van der Waals surface area contributed by atoms with E-state index in [0.29, 0.717) is 0 Å². The van der Waals surface area contributed by atoms with Gasteiger partial charge < -0.3 is 0 Å². The molecule has 0 radical (unpaired) electrons. The molecule has 188 valence electrons. The number of unbranched alkanes of at least 4 members (excludes halogenated alkanes) is 15. The van der Waals surface area contributed by atoms with Crippen molar-refractivity contribution in [2.75, 3.05) is 0 Å². The van der Waals surface area contributed by atoms with Gasteiger partial charge in [0.1, 0.15) is 0 Å². The van der Waals surface area contributed by atoms with Gasteiger partial charge in [-0.05, 0) is 17.8 Å². The predicted molar refractivity (Wildman–Crippen MR) is 145 cm³/mol. The maximum Gasteiger partial charge on any atom is -0.0443 e. The third-order valence-electron chi connectivity index (χ3n) is 7.42. The maximum absolute atomic E-state index is 2.49. The highest BCUT2D eigenvalue weighted by atomic mass is 14.1. The van der Waals surface area contributed by atoms with E-state index in [1.807, 2.05) is 0 Å². The largest absolute Gasteiger partial charge is 0.0654 e. The van der Waals surface area contributed by atoms with E-state index in [2.05, 4.69) is 34.6 Å². The topological polar surface area (TPSA) is 0 Å². The second-order valence-electron chi connectivity index (χ2n) is 11.6. The van der Waals surface area contributed by atoms with Crippen molar-refractivity contribution in [2.24, 2.45) is 17.8 Å². The summed E-state index contributed by atoms with van der Waals surface area (Å²) >= 11 is 0. The molecule has 0 N–H and O–H groups in total. The zero-order valence-corrected chi connectivity index (χ0v) is 23.0. The lowest BCUT2D eigenvalue weighted by Crippen LogP contribution is -1.96. The summed E-state index contributed by atoms with van der Waals surface area (Å²) in [6, 6.07) is 0. The predicted octanol–water partition coefficient (Wildman–Crippen LogP) is 11.9. The summed E-state index contributed by atoms with van der Waals surface area (Å²) in [5.41, 5.74) is 0. The zero-order valence-electron chi connectivity index (χ0n) is 23.0. The van der Waals surface area contributed by atoms with E-state index in [1.54, 1.807) is 0 Å². The lowest BCUT2D eigenvalue weighted by atomic mass is 9.94. The molecule has 0 aromatic heterocycles. The molecule has 0 nitrogen and oxygen atoms in total. The van der Waals surface area contributed by atoms with E-state index in [4.69, 9.17) is 0 Å². The number of rotatable bonds is 25. The summed E-state index contributed by atoms with van der Waals surface area (Å²) < 4.78 is 0. The normalized spacial score (nSPS) is 13.7. The van der Waals surface area contributed by atoms with Gasteiger partial charge in [-0.2, -0.15) is 0 Å². The molecule has 0 bridgehead atoms. The van der Waals surface area contributed by atoms with Crippen LogP contribution in [0.5, 0.6) is 0 Å². The van der Waals surface area contributed by atoms with Gasteiger partial charge in [0.2, 0.25) is 0 Å². The van der Waals surface area contributed by atoms with Gasteiger partial charge in [0.15, 0.2) is 0 Å². The van der Waals surface area contributed by atoms with Crippen LogP contribution in [-0.4, -0.2) is 0 Å². The van der Waals surface area contributed by atoms with Crippen molar-refractivity contribution in [1.29, 1.82) is 0 Å². The molecule has 0 saturated carbocycles. The lowest BCUT2D eigenvalue weighted by molar-refractivity contribution is 0.415. The minimum absolute atomic E-state index is 0.892. The van der Waals surface area contributed by atoms with Crippen LogP contribution >= 0.6 is 0 Å². The van der Waals surface area contributed by atoms with E-state index in [0.717, 1.165) is 17.8 Å². The van der Waals surface area contributed by atoms with E-state index in [9.17, 15) is 0 Å². The van der Waals surface area contributed by atoms with E-state index < -0.39 is 0 Å². The van der Waals surface area contributed by atoms with Crippen molar-refractivity contribution in [2.45, 2.75) is 182 Å². The van der Waals surface area contributed by atoms with Crippen molar-refractivity contribution in [1.82, 2.24) is 0 Å². The molecular formula is C31H64. The highest BCUT2D eigenvalue weighted by Gasteiger charge is 2.04. The first-order valence-electron chi connectivity index (χ1n) is 15.1. The summed E-state index contributed by atoms with van der Waals surface area (Å²) in [4.78, 5) is 0. The van der Waals surface area contributed by atoms with Gasteiger partial charge in [-0.3, -0.25) is 0 Å². The highest BCUT2D eigenvalue weighted by molar-refractivity contribution is 4.58. The average molecular weight is 437 g/mol. The van der Waals surface area contributed by atoms with E-state index >= 15 is 0 Å². The Morgan fingerprint density at radius 1 is 0.323 bits per heavy atom. The molecular weight excluding hydrogens is 372 g/mol. The first-order chi connectivity index (χ1) is 15.1. The molecule has 0 aliphatic carbocycles. The molecule has 31 heavy (non-hydrogen) atoms.